The Labute approximate surface area is 176 Å². The predicted octanol–water partition coefficient (Wildman–Crippen LogP) is 4.64. The van der Waals surface area contributed by atoms with E-state index in [1.807, 2.05) is 31.2 Å². The van der Waals surface area contributed by atoms with E-state index in [1.54, 1.807) is 18.7 Å². The highest BCUT2D eigenvalue weighted by molar-refractivity contribution is 7.99. The SMILES string of the molecule is CC(=NCCSc1ccc(Cl)cc1)c1c(C)[nH]n(-c2ccc([N+](=O)[O-])cc2)c1=O. The maximum atomic E-state index is 12.8. The summed E-state index contributed by atoms with van der Waals surface area (Å²) in [5.41, 5.74) is 2.13. The molecule has 0 aliphatic carbocycles. The zero-order valence-corrected chi connectivity index (χ0v) is 17.5. The normalized spacial score (nSPS) is 11.6. The molecule has 0 amide bonds. The molecule has 0 saturated heterocycles. The first-order chi connectivity index (χ1) is 13.9. The van der Waals surface area contributed by atoms with Gasteiger partial charge in [-0.2, -0.15) is 0 Å². The fourth-order valence-corrected chi connectivity index (χ4v) is 3.74. The number of thioether (sulfide) groups is 1. The monoisotopic (exact) mass is 430 g/mol. The molecule has 3 aromatic rings. The molecule has 29 heavy (non-hydrogen) atoms. The van der Waals surface area contributed by atoms with E-state index in [4.69, 9.17) is 11.6 Å². The van der Waals surface area contributed by atoms with E-state index in [1.165, 1.54) is 28.9 Å². The number of hydrogen-bond donors (Lipinski definition) is 1. The molecular formula is C20H19ClN4O3S. The summed E-state index contributed by atoms with van der Waals surface area (Å²) < 4.78 is 1.37. The zero-order valence-electron chi connectivity index (χ0n) is 15.9. The van der Waals surface area contributed by atoms with Crippen LogP contribution in [0.25, 0.3) is 5.69 Å². The fourth-order valence-electron chi connectivity index (χ4n) is 2.86. The first-order valence-corrected chi connectivity index (χ1v) is 10.2. The van der Waals surface area contributed by atoms with Crippen LogP contribution in [0.15, 0.2) is 63.2 Å². The highest BCUT2D eigenvalue weighted by Gasteiger charge is 2.15. The van der Waals surface area contributed by atoms with Crippen LogP contribution < -0.4 is 5.56 Å². The number of aromatic nitrogens is 2. The minimum Gasteiger partial charge on any atom is -0.295 e. The van der Waals surface area contributed by atoms with Crippen molar-refractivity contribution in [2.45, 2.75) is 18.7 Å². The van der Waals surface area contributed by atoms with Crippen molar-refractivity contribution >= 4 is 34.8 Å². The van der Waals surface area contributed by atoms with Crippen molar-refractivity contribution in [2.24, 2.45) is 4.99 Å². The van der Waals surface area contributed by atoms with Crippen molar-refractivity contribution in [1.29, 1.82) is 0 Å². The third-order valence-corrected chi connectivity index (χ3v) is 5.52. The number of nitrogens with one attached hydrogen (secondary N) is 1. The van der Waals surface area contributed by atoms with Crippen molar-refractivity contribution in [1.82, 2.24) is 9.78 Å². The minimum absolute atomic E-state index is 0.0266. The maximum absolute atomic E-state index is 12.8. The number of non-ortho nitro benzene ring substituents is 1. The Morgan fingerprint density at radius 3 is 2.48 bits per heavy atom. The molecule has 0 saturated carbocycles. The number of benzene rings is 2. The first kappa shape index (κ1) is 20.9. The molecule has 9 heteroatoms. The number of nitro groups is 1. The van der Waals surface area contributed by atoms with Crippen molar-refractivity contribution in [2.75, 3.05) is 12.3 Å². The quantitative estimate of drug-likeness (QED) is 0.194. The van der Waals surface area contributed by atoms with Crippen molar-refractivity contribution in [3.05, 3.63) is 85.3 Å². The highest BCUT2D eigenvalue weighted by Crippen LogP contribution is 2.20. The summed E-state index contributed by atoms with van der Waals surface area (Å²) in [4.78, 5) is 28.8. The average Bonchev–Trinajstić information content (AvgIpc) is 3.00. The van der Waals surface area contributed by atoms with Gasteiger partial charge in [0.15, 0.2) is 0 Å². The van der Waals surface area contributed by atoms with Crippen LogP contribution in [0.3, 0.4) is 0 Å². The molecule has 1 heterocycles. The molecule has 0 spiro atoms. The summed E-state index contributed by atoms with van der Waals surface area (Å²) in [6.45, 7) is 4.19. The third kappa shape index (κ3) is 4.96. The largest absolute Gasteiger partial charge is 0.295 e. The van der Waals surface area contributed by atoms with Gasteiger partial charge >= 0.3 is 0 Å². The molecule has 1 aromatic heterocycles. The fraction of sp³-hybridized carbons (Fsp3) is 0.200. The van der Waals surface area contributed by atoms with Crippen molar-refractivity contribution in [3.8, 4) is 5.69 Å². The number of nitro benzene ring substituents is 1. The highest BCUT2D eigenvalue weighted by atomic mass is 35.5. The summed E-state index contributed by atoms with van der Waals surface area (Å²) in [6, 6.07) is 13.4. The molecule has 3 rings (SSSR count). The van der Waals surface area contributed by atoms with Gasteiger partial charge in [0.25, 0.3) is 11.2 Å². The average molecular weight is 431 g/mol. The van der Waals surface area contributed by atoms with Crippen LogP contribution in [-0.2, 0) is 0 Å². The van der Waals surface area contributed by atoms with Gasteiger partial charge in [0.05, 0.1) is 16.2 Å². The van der Waals surface area contributed by atoms with Gasteiger partial charge in [-0.25, -0.2) is 4.68 Å². The lowest BCUT2D eigenvalue weighted by Gasteiger charge is -2.01. The lowest BCUT2D eigenvalue weighted by Crippen LogP contribution is -2.20. The van der Waals surface area contributed by atoms with E-state index in [9.17, 15) is 14.9 Å². The van der Waals surface area contributed by atoms with E-state index in [0.717, 1.165) is 10.6 Å². The smallest absolute Gasteiger partial charge is 0.280 e. The molecule has 0 aliphatic heterocycles. The zero-order chi connectivity index (χ0) is 21.0. The second kappa shape index (κ2) is 9.11. The molecule has 0 radical (unpaired) electrons. The third-order valence-electron chi connectivity index (χ3n) is 4.27. The number of nitrogens with zero attached hydrogens (tertiary/aromatic N) is 3. The molecule has 150 valence electrons. The Balaban J connectivity index is 1.72. The molecule has 0 unspecified atom stereocenters. The van der Waals surface area contributed by atoms with Gasteiger partial charge in [0, 0.05) is 45.8 Å². The Kier molecular flexibility index (Phi) is 6.56. The number of hydrogen-bond acceptors (Lipinski definition) is 5. The molecule has 1 N–H and O–H groups in total. The Hall–Kier alpha value is -2.84. The van der Waals surface area contributed by atoms with Crippen LogP contribution in [0, 0.1) is 17.0 Å². The maximum Gasteiger partial charge on any atom is 0.280 e. The van der Waals surface area contributed by atoms with Crippen molar-refractivity contribution in [3.63, 3.8) is 0 Å². The van der Waals surface area contributed by atoms with Gasteiger partial charge in [-0.15, -0.1) is 11.8 Å². The van der Waals surface area contributed by atoms with Gasteiger partial charge in [0.2, 0.25) is 0 Å². The van der Waals surface area contributed by atoms with Crippen LogP contribution in [0.4, 0.5) is 5.69 Å². The number of H-pyrrole nitrogens is 1. The molecule has 0 atom stereocenters. The molecular weight excluding hydrogens is 412 g/mol. The van der Waals surface area contributed by atoms with Gasteiger partial charge in [-0.1, -0.05) is 11.6 Å². The Morgan fingerprint density at radius 2 is 1.86 bits per heavy atom. The Bertz CT molecular complexity index is 1100. The summed E-state index contributed by atoms with van der Waals surface area (Å²) in [6.07, 6.45) is 0. The van der Waals surface area contributed by atoms with E-state index in [-0.39, 0.29) is 11.2 Å². The van der Waals surface area contributed by atoms with Crippen LogP contribution in [0.2, 0.25) is 5.02 Å². The standard InChI is InChI=1S/C20H19ClN4O3S/c1-13(22-11-12-29-18-9-3-15(21)4-10-18)19-14(2)23-24(20(19)26)16-5-7-17(8-6-16)25(27)28/h3-10,23H,11-12H2,1-2H3. The molecule has 0 bridgehead atoms. The summed E-state index contributed by atoms with van der Waals surface area (Å²) >= 11 is 7.55. The van der Waals surface area contributed by atoms with Crippen LogP contribution in [0.5, 0.6) is 0 Å². The Morgan fingerprint density at radius 1 is 1.21 bits per heavy atom. The first-order valence-electron chi connectivity index (χ1n) is 8.83. The number of rotatable bonds is 7. The minimum atomic E-state index is -0.475. The predicted molar refractivity (Wildman–Crippen MR) is 117 cm³/mol. The molecule has 2 aromatic carbocycles. The number of aromatic amines is 1. The number of aryl methyl sites for hydroxylation is 1. The van der Waals surface area contributed by atoms with Crippen molar-refractivity contribution < 1.29 is 4.92 Å². The lowest BCUT2D eigenvalue weighted by atomic mass is 10.2. The van der Waals surface area contributed by atoms with Gasteiger partial charge in [0.1, 0.15) is 0 Å². The van der Waals surface area contributed by atoms with E-state index in [2.05, 4.69) is 10.1 Å². The second-order valence-electron chi connectivity index (χ2n) is 6.30. The topological polar surface area (TPSA) is 93.3 Å². The summed E-state index contributed by atoms with van der Waals surface area (Å²) in [5, 5.41) is 14.5. The van der Waals surface area contributed by atoms with Crippen LogP contribution >= 0.6 is 23.4 Å². The van der Waals surface area contributed by atoms with Gasteiger partial charge in [-0.3, -0.25) is 25.0 Å². The lowest BCUT2D eigenvalue weighted by molar-refractivity contribution is -0.384. The summed E-state index contributed by atoms with van der Waals surface area (Å²) in [5.74, 6) is 0.777. The van der Waals surface area contributed by atoms with E-state index >= 15 is 0 Å². The number of halogens is 1. The second-order valence-corrected chi connectivity index (χ2v) is 7.90. The van der Waals surface area contributed by atoms with E-state index in [0.29, 0.717) is 34.2 Å². The number of aliphatic imine (C=N–C) groups is 1. The summed E-state index contributed by atoms with van der Waals surface area (Å²) in [7, 11) is 0. The molecule has 7 nitrogen and oxygen atoms in total. The van der Waals surface area contributed by atoms with E-state index < -0.39 is 4.92 Å². The van der Waals surface area contributed by atoms with Crippen LogP contribution in [-0.4, -0.2) is 32.7 Å². The molecule has 0 aliphatic rings. The molecule has 0 fully saturated rings. The van der Waals surface area contributed by atoms with Crippen LogP contribution in [0.1, 0.15) is 18.2 Å². The van der Waals surface area contributed by atoms with Gasteiger partial charge in [-0.05, 0) is 50.2 Å². The van der Waals surface area contributed by atoms with Gasteiger partial charge < -0.3 is 0 Å².